The summed E-state index contributed by atoms with van der Waals surface area (Å²) in [5.41, 5.74) is 3.51. The first-order valence-corrected chi connectivity index (χ1v) is 12.6. The Hall–Kier alpha value is -2.81. The number of carbonyl (C=O) groups excluding carboxylic acids is 1. The molecule has 2 unspecified atom stereocenters. The third-order valence-electron chi connectivity index (χ3n) is 6.71. The Morgan fingerprint density at radius 1 is 1.14 bits per heavy atom. The minimum Gasteiger partial charge on any atom is -0.469 e. The third kappa shape index (κ3) is 7.34. The number of carbonyl (C=O) groups is 1. The topological polar surface area (TPSA) is 93.7 Å². The molecule has 1 aromatic heterocycles. The van der Waals surface area contributed by atoms with Gasteiger partial charge in [-0.05, 0) is 76.0 Å². The second kappa shape index (κ2) is 12.2. The van der Waals surface area contributed by atoms with Gasteiger partial charge in [0.2, 0.25) is 5.91 Å². The second-order valence-electron chi connectivity index (χ2n) is 9.63. The first-order valence-electron chi connectivity index (χ1n) is 12.6. The van der Waals surface area contributed by atoms with Crippen molar-refractivity contribution in [1.82, 2.24) is 10.2 Å². The highest BCUT2D eigenvalue weighted by Gasteiger charge is 2.32. The van der Waals surface area contributed by atoms with Gasteiger partial charge in [0.15, 0.2) is 0 Å². The number of likely N-dealkylation sites (tertiary alicyclic amines) is 1. The molecule has 2 saturated heterocycles. The van der Waals surface area contributed by atoms with Gasteiger partial charge in [0.1, 0.15) is 12.0 Å². The molecule has 2 atom stereocenters. The molecule has 188 valence electrons. The number of amides is 1. The number of anilines is 1. The Morgan fingerprint density at radius 2 is 1.91 bits per heavy atom. The number of hydrogen-bond acceptors (Lipinski definition) is 7. The number of aliphatic hydroxyl groups excluding tert-OH is 1. The average Bonchev–Trinajstić information content (AvgIpc) is 3.52. The van der Waals surface area contributed by atoms with Gasteiger partial charge in [-0.1, -0.05) is 18.6 Å². The predicted octanol–water partition coefficient (Wildman–Crippen LogP) is 3.75. The van der Waals surface area contributed by atoms with Crippen LogP contribution in [0.3, 0.4) is 0 Å². The van der Waals surface area contributed by atoms with Crippen LogP contribution in [0.2, 0.25) is 0 Å². The van der Waals surface area contributed by atoms with Gasteiger partial charge in [-0.3, -0.25) is 15.0 Å². The SMILES string of the molecule is C/C(CCc1ccco1)=N\N=C(/C)C(O)NC1CC(=O)N(c2ccc(CN3CCCCC3)cc2)C1. The number of hydrogen-bond donors (Lipinski definition) is 2. The van der Waals surface area contributed by atoms with Crippen molar-refractivity contribution in [3.63, 3.8) is 0 Å². The molecule has 0 saturated carbocycles. The number of furan rings is 1. The molecule has 1 amide bonds. The summed E-state index contributed by atoms with van der Waals surface area (Å²) >= 11 is 0. The van der Waals surface area contributed by atoms with Gasteiger partial charge in [0.25, 0.3) is 0 Å². The largest absolute Gasteiger partial charge is 0.469 e. The molecule has 2 aliphatic heterocycles. The van der Waals surface area contributed by atoms with E-state index >= 15 is 0 Å². The molecule has 0 spiro atoms. The molecule has 4 rings (SSSR count). The number of aryl methyl sites for hydroxylation is 1. The highest BCUT2D eigenvalue weighted by molar-refractivity contribution is 5.96. The quantitative estimate of drug-likeness (QED) is 0.308. The van der Waals surface area contributed by atoms with Crippen molar-refractivity contribution < 1.29 is 14.3 Å². The smallest absolute Gasteiger partial charge is 0.228 e. The van der Waals surface area contributed by atoms with E-state index in [1.54, 1.807) is 18.1 Å². The Morgan fingerprint density at radius 3 is 2.63 bits per heavy atom. The minimum absolute atomic E-state index is 0.0554. The van der Waals surface area contributed by atoms with Gasteiger partial charge in [-0.2, -0.15) is 10.2 Å². The summed E-state index contributed by atoms with van der Waals surface area (Å²) in [5, 5.41) is 22.1. The average molecular weight is 480 g/mol. The number of nitrogens with zero attached hydrogens (tertiary/aromatic N) is 4. The number of nitrogens with one attached hydrogen (secondary N) is 1. The normalized spacial score (nSPS) is 21.1. The van der Waals surface area contributed by atoms with Gasteiger partial charge >= 0.3 is 0 Å². The van der Waals surface area contributed by atoms with Gasteiger partial charge in [-0.25, -0.2) is 0 Å². The molecule has 2 fully saturated rings. The number of benzene rings is 1. The molecule has 1 aromatic carbocycles. The molecule has 0 radical (unpaired) electrons. The van der Waals surface area contributed by atoms with Crippen LogP contribution in [0.4, 0.5) is 5.69 Å². The first-order chi connectivity index (χ1) is 17.0. The molecule has 2 aliphatic rings. The van der Waals surface area contributed by atoms with Crippen LogP contribution in [0.25, 0.3) is 0 Å². The van der Waals surface area contributed by atoms with Crippen LogP contribution in [0, 0.1) is 0 Å². The summed E-state index contributed by atoms with van der Waals surface area (Å²) < 4.78 is 5.33. The molecule has 0 bridgehead atoms. The summed E-state index contributed by atoms with van der Waals surface area (Å²) in [6, 6.07) is 12.0. The van der Waals surface area contributed by atoms with E-state index in [0.29, 0.717) is 18.7 Å². The van der Waals surface area contributed by atoms with E-state index in [1.807, 2.05) is 31.2 Å². The molecular formula is C27H37N5O3. The Balaban J connectivity index is 1.26. The van der Waals surface area contributed by atoms with Gasteiger partial charge in [0.05, 0.1) is 12.0 Å². The lowest BCUT2D eigenvalue weighted by Gasteiger charge is -2.26. The monoisotopic (exact) mass is 479 g/mol. The fourth-order valence-corrected chi connectivity index (χ4v) is 4.60. The molecule has 8 nitrogen and oxygen atoms in total. The zero-order valence-electron chi connectivity index (χ0n) is 20.8. The summed E-state index contributed by atoms with van der Waals surface area (Å²) in [6.07, 6.45) is 6.43. The third-order valence-corrected chi connectivity index (χ3v) is 6.71. The van der Waals surface area contributed by atoms with Crippen LogP contribution in [0.15, 0.2) is 57.3 Å². The van der Waals surface area contributed by atoms with Crippen LogP contribution in [0.5, 0.6) is 0 Å². The van der Waals surface area contributed by atoms with Crippen molar-refractivity contribution in [2.75, 3.05) is 24.5 Å². The van der Waals surface area contributed by atoms with E-state index in [0.717, 1.165) is 36.5 Å². The minimum atomic E-state index is -0.957. The maximum absolute atomic E-state index is 12.7. The van der Waals surface area contributed by atoms with Gasteiger partial charge < -0.3 is 14.4 Å². The molecule has 8 heteroatoms. The molecule has 2 aromatic rings. The zero-order valence-corrected chi connectivity index (χ0v) is 20.8. The molecule has 0 aliphatic carbocycles. The first kappa shape index (κ1) is 25.3. The molecule has 2 N–H and O–H groups in total. The highest BCUT2D eigenvalue weighted by atomic mass is 16.3. The Bertz CT molecular complexity index is 1010. The van der Waals surface area contributed by atoms with Crippen LogP contribution in [-0.4, -0.2) is 59.2 Å². The second-order valence-corrected chi connectivity index (χ2v) is 9.63. The van der Waals surface area contributed by atoms with Crippen molar-refractivity contribution in [2.45, 2.75) is 71.2 Å². The van der Waals surface area contributed by atoms with E-state index in [4.69, 9.17) is 4.42 Å². The standard InChI is InChI=1S/C27H37N5O3/c1-20(8-13-25-7-6-16-35-25)29-30-21(2)27(34)28-23-17-26(33)32(19-23)24-11-9-22(10-12-24)18-31-14-4-3-5-15-31/h6-7,9-12,16,23,27-28,34H,3-5,8,13-15,17-19H2,1-2H3/b29-20+,30-21+. The van der Waals surface area contributed by atoms with Crippen molar-refractivity contribution in [3.8, 4) is 0 Å². The van der Waals surface area contributed by atoms with Crippen LogP contribution >= 0.6 is 0 Å². The fourth-order valence-electron chi connectivity index (χ4n) is 4.60. The summed E-state index contributed by atoms with van der Waals surface area (Å²) in [7, 11) is 0. The molecule has 35 heavy (non-hydrogen) atoms. The Labute approximate surface area is 207 Å². The molecule has 3 heterocycles. The van der Waals surface area contributed by atoms with E-state index < -0.39 is 6.23 Å². The number of rotatable bonds is 10. The maximum atomic E-state index is 12.7. The Kier molecular flexibility index (Phi) is 8.84. The number of aliphatic hydroxyl groups is 1. The highest BCUT2D eigenvalue weighted by Crippen LogP contribution is 2.23. The van der Waals surface area contributed by atoms with Crippen LogP contribution in [0.1, 0.15) is 57.3 Å². The lowest BCUT2D eigenvalue weighted by atomic mass is 10.1. The van der Waals surface area contributed by atoms with Gasteiger partial charge in [-0.15, -0.1) is 0 Å². The van der Waals surface area contributed by atoms with E-state index in [1.165, 1.54) is 37.9 Å². The lowest BCUT2D eigenvalue weighted by Crippen LogP contribution is -2.43. The van der Waals surface area contributed by atoms with E-state index in [9.17, 15) is 9.90 Å². The van der Waals surface area contributed by atoms with Crippen LogP contribution < -0.4 is 10.2 Å². The van der Waals surface area contributed by atoms with Gasteiger partial charge in [0, 0.05) is 43.4 Å². The maximum Gasteiger partial charge on any atom is 0.228 e. The predicted molar refractivity (Wildman–Crippen MR) is 139 cm³/mol. The number of piperidine rings is 1. The van der Waals surface area contributed by atoms with Crippen molar-refractivity contribution in [3.05, 3.63) is 54.0 Å². The van der Waals surface area contributed by atoms with E-state index in [-0.39, 0.29) is 11.9 Å². The summed E-state index contributed by atoms with van der Waals surface area (Å²) in [4.78, 5) is 16.9. The van der Waals surface area contributed by atoms with Crippen LogP contribution in [-0.2, 0) is 17.8 Å². The fraction of sp³-hybridized carbons (Fsp3) is 0.519. The lowest BCUT2D eigenvalue weighted by molar-refractivity contribution is -0.117. The van der Waals surface area contributed by atoms with Crippen molar-refractivity contribution >= 4 is 23.0 Å². The van der Waals surface area contributed by atoms with Crippen molar-refractivity contribution in [1.29, 1.82) is 0 Å². The van der Waals surface area contributed by atoms with Crippen molar-refractivity contribution in [2.24, 2.45) is 10.2 Å². The van der Waals surface area contributed by atoms with E-state index in [2.05, 4.69) is 32.6 Å². The molecular weight excluding hydrogens is 442 g/mol. The zero-order chi connectivity index (χ0) is 24.6. The summed E-state index contributed by atoms with van der Waals surface area (Å²) in [5.74, 6) is 0.967. The summed E-state index contributed by atoms with van der Waals surface area (Å²) in [6.45, 7) is 7.46.